The van der Waals surface area contributed by atoms with E-state index in [0.29, 0.717) is 11.9 Å². The highest BCUT2D eigenvalue weighted by molar-refractivity contribution is 5.37. The van der Waals surface area contributed by atoms with Crippen LogP contribution in [0.1, 0.15) is 19.8 Å². The maximum absolute atomic E-state index is 9.21. The van der Waals surface area contributed by atoms with Crippen molar-refractivity contribution in [3.05, 3.63) is 0 Å². The first-order valence-electron chi connectivity index (χ1n) is 5.69. The van der Waals surface area contributed by atoms with E-state index in [1.807, 2.05) is 6.92 Å². The first-order valence-corrected chi connectivity index (χ1v) is 5.69. The zero-order chi connectivity index (χ0) is 12.3. The van der Waals surface area contributed by atoms with Crippen LogP contribution in [-0.2, 0) is 0 Å². The summed E-state index contributed by atoms with van der Waals surface area (Å²) in [4.78, 5) is 12.4. The highest BCUT2D eigenvalue weighted by atomic mass is 16.5. The van der Waals surface area contributed by atoms with Gasteiger partial charge in [-0.3, -0.25) is 0 Å². The maximum Gasteiger partial charge on any atom is 0.322 e. The zero-order valence-corrected chi connectivity index (χ0v) is 9.97. The summed E-state index contributed by atoms with van der Waals surface area (Å²) in [7, 11) is 1.52. The fraction of sp³-hybridized carbons (Fsp3) is 0.700. The largest absolute Gasteiger partial charge is 0.467 e. The fourth-order valence-corrected chi connectivity index (χ4v) is 1.64. The molecule has 0 aliphatic heterocycles. The number of nitrogens with zero attached hydrogens (tertiary/aromatic N) is 3. The summed E-state index contributed by atoms with van der Waals surface area (Å²) in [5, 5.41) is 15.4. The molecule has 1 saturated carbocycles. The predicted octanol–water partition coefficient (Wildman–Crippen LogP) is 0.247. The van der Waals surface area contributed by atoms with E-state index < -0.39 is 0 Å². The topological polar surface area (TPSA) is 92.2 Å². The van der Waals surface area contributed by atoms with Gasteiger partial charge in [0.25, 0.3) is 0 Å². The number of aliphatic hydroxyl groups excluding tert-OH is 1. The van der Waals surface area contributed by atoms with Gasteiger partial charge in [0.15, 0.2) is 0 Å². The van der Waals surface area contributed by atoms with Crippen molar-refractivity contribution in [2.75, 3.05) is 24.3 Å². The third-order valence-electron chi connectivity index (χ3n) is 2.58. The summed E-state index contributed by atoms with van der Waals surface area (Å²) in [6.45, 7) is 2.69. The minimum atomic E-state index is -0.204. The highest BCUT2D eigenvalue weighted by Gasteiger charge is 2.27. The molecule has 7 nitrogen and oxygen atoms in total. The number of hydrogen-bond acceptors (Lipinski definition) is 7. The second-order valence-electron chi connectivity index (χ2n) is 3.97. The molecule has 0 spiro atoms. The van der Waals surface area contributed by atoms with E-state index in [4.69, 9.17) is 4.74 Å². The van der Waals surface area contributed by atoms with Gasteiger partial charge in [0.1, 0.15) is 0 Å². The second kappa shape index (κ2) is 5.13. The van der Waals surface area contributed by atoms with Crippen LogP contribution in [0, 0.1) is 0 Å². The average molecular weight is 239 g/mol. The molecule has 1 aromatic heterocycles. The molecule has 94 valence electrons. The Labute approximate surface area is 99.6 Å². The number of rotatable bonds is 5. The van der Waals surface area contributed by atoms with E-state index in [-0.39, 0.29) is 18.2 Å². The van der Waals surface area contributed by atoms with Crippen molar-refractivity contribution >= 4 is 11.9 Å². The Hall–Kier alpha value is -1.63. The molecule has 0 aromatic carbocycles. The number of aliphatic hydroxyl groups is 1. The lowest BCUT2D eigenvalue weighted by Crippen LogP contribution is -2.39. The van der Waals surface area contributed by atoms with Gasteiger partial charge in [-0.15, -0.1) is 0 Å². The Balaban J connectivity index is 2.06. The van der Waals surface area contributed by atoms with Crippen molar-refractivity contribution in [3.8, 4) is 6.01 Å². The van der Waals surface area contributed by atoms with Crippen LogP contribution < -0.4 is 15.4 Å². The molecule has 1 aliphatic rings. The SMILES string of the molecule is CCNc1nc(NC2CC(O)C2)nc(OC)n1. The smallest absolute Gasteiger partial charge is 0.322 e. The van der Waals surface area contributed by atoms with Crippen LogP contribution in [0.4, 0.5) is 11.9 Å². The molecule has 7 heteroatoms. The predicted molar refractivity (Wildman–Crippen MR) is 63.2 cm³/mol. The number of aromatic nitrogens is 3. The Morgan fingerprint density at radius 1 is 1.29 bits per heavy atom. The van der Waals surface area contributed by atoms with Crippen molar-refractivity contribution in [2.24, 2.45) is 0 Å². The van der Waals surface area contributed by atoms with Crippen LogP contribution >= 0.6 is 0 Å². The molecule has 3 N–H and O–H groups in total. The number of ether oxygens (including phenoxy) is 1. The van der Waals surface area contributed by atoms with Crippen LogP contribution in [0.3, 0.4) is 0 Å². The first-order chi connectivity index (χ1) is 8.21. The third kappa shape index (κ3) is 2.94. The summed E-state index contributed by atoms with van der Waals surface area (Å²) in [6, 6.07) is 0.505. The lowest BCUT2D eigenvalue weighted by molar-refractivity contribution is 0.0834. The summed E-state index contributed by atoms with van der Waals surface area (Å²) in [5.74, 6) is 0.964. The van der Waals surface area contributed by atoms with Crippen LogP contribution in [0.5, 0.6) is 6.01 Å². The summed E-state index contributed by atoms with van der Waals surface area (Å²) in [5.41, 5.74) is 0. The van der Waals surface area contributed by atoms with Gasteiger partial charge in [0, 0.05) is 12.6 Å². The van der Waals surface area contributed by atoms with Gasteiger partial charge >= 0.3 is 6.01 Å². The molecule has 1 aliphatic carbocycles. The Bertz CT molecular complexity index is 381. The van der Waals surface area contributed by atoms with Gasteiger partial charge in [0.05, 0.1) is 13.2 Å². The van der Waals surface area contributed by atoms with Crippen LogP contribution in [0.2, 0.25) is 0 Å². The molecular formula is C10H17N5O2. The van der Waals surface area contributed by atoms with Gasteiger partial charge in [-0.1, -0.05) is 0 Å². The van der Waals surface area contributed by atoms with E-state index in [9.17, 15) is 5.11 Å². The van der Waals surface area contributed by atoms with Crippen molar-refractivity contribution in [1.82, 2.24) is 15.0 Å². The van der Waals surface area contributed by atoms with E-state index in [1.165, 1.54) is 7.11 Å². The molecule has 0 amide bonds. The molecule has 17 heavy (non-hydrogen) atoms. The minimum Gasteiger partial charge on any atom is -0.467 e. The Morgan fingerprint density at radius 2 is 2.00 bits per heavy atom. The van der Waals surface area contributed by atoms with E-state index in [1.54, 1.807) is 0 Å². The van der Waals surface area contributed by atoms with Crippen LogP contribution in [0.15, 0.2) is 0 Å². The summed E-state index contributed by atoms with van der Waals surface area (Å²) in [6.07, 6.45) is 1.25. The number of hydrogen-bond donors (Lipinski definition) is 3. The van der Waals surface area contributed by atoms with Crippen molar-refractivity contribution in [1.29, 1.82) is 0 Å². The number of nitrogens with one attached hydrogen (secondary N) is 2. The lowest BCUT2D eigenvalue weighted by Gasteiger charge is -2.31. The highest BCUT2D eigenvalue weighted by Crippen LogP contribution is 2.23. The third-order valence-corrected chi connectivity index (χ3v) is 2.58. The molecule has 0 unspecified atom stereocenters. The van der Waals surface area contributed by atoms with Crippen LogP contribution in [0.25, 0.3) is 0 Å². The molecule has 1 heterocycles. The Morgan fingerprint density at radius 3 is 2.59 bits per heavy atom. The molecule has 0 atom stereocenters. The summed E-state index contributed by atoms with van der Waals surface area (Å²) >= 11 is 0. The standard InChI is InChI=1S/C10H17N5O2/c1-3-11-8-13-9(15-10(14-8)17-2)12-6-4-7(16)5-6/h6-7,16H,3-5H2,1-2H3,(H2,11,12,13,14,15). The van der Waals surface area contributed by atoms with Gasteiger partial charge < -0.3 is 20.5 Å². The monoisotopic (exact) mass is 239 g/mol. The average Bonchev–Trinajstić information content (AvgIpc) is 2.27. The van der Waals surface area contributed by atoms with Crippen molar-refractivity contribution in [2.45, 2.75) is 31.9 Å². The fourth-order valence-electron chi connectivity index (χ4n) is 1.64. The minimum absolute atomic E-state index is 0.204. The van der Waals surface area contributed by atoms with Gasteiger partial charge in [-0.05, 0) is 19.8 Å². The lowest BCUT2D eigenvalue weighted by atomic mass is 9.90. The van der Waals surface area contributed by atoms with E-state index in [0.717, 1.165) is 19.4 Å². The van der Waals surface area contributed by atoms with Crippen molar-refractivity contribution in [3.63, 3.8) is 0 Å². The number of anilines is 2. The molecule has 1 aromatic rings. The Kier molecular flexibility index (Phi) is 3.58. The van der Waals surface area contributed by atoms with Crippen molar-refractivity contribution < 1.29 is 9.84 Å². The molecule has 2 rings (SSSR count). The molecule has 0 bridgehead atoms. The first kappa shape index (κ1) is 11.8. The van der Waals surface area contributed by atoms with Gasteiger partial charge in [-0.2, -0.15) is 15.0 Å². The molecule has 0 saturated heterocycles. The van der Waals surface area contributed by atoms with Crippen LogP contribution in [-0.4, -0.2) is 45.9 Å². The maximum atomic E-state index is 9.21. The van der Waals surface area contributed by atoms with Gasteiger partial charge in [0.2, 0.25) is 11.9 Å². The van der Waals surface area contributed by atoms with Gasteiger partial charge in [-0.25, -0.2) is 0 Å². The molecular weight excluding hydrogens is 222 g/mol. The number of methoxy groups -OCH3 is 1. The van der Waals surface area contributed by atoms with E-state index in [2.05, 4.69) is 25.6 Å². The normalized spacial score (nSPS) is 22.8. The molecule has 0 radical (unpaired) electrons. The summed E-state index contributed by atoms with van der Waals surface area (Å²) < 4.78 is 5.00. The second-order valence-corrected chi connectivity index (χ2v) is 3.97. The quantitative estimate of drug-likeness (QED) is 0.678. The van der Waals surface area contributed by atoms with E-state index >= 15 is 0 Å². The zero-order valence-electron chi connectivity index (χ0n) is 9.97. The molecule has 1 fully saturated rings.